The second kappa shape index (κ2) is 6.70. The minimum absolute atomic E-state index is 0.101. The molecular weight excluding hydrogens is 406 g/mol. The van der Waals surface area contributed by atoms with Crippen molar-refractivity contribution in [1.29, 1.82) is 0 Å². The molecule has 0 unspecified atom stereocenters. The highest BCUT2D eigenvalue weighted by atomic mass is 79.9. The molecule has 0 saturated heterocycles. The van der Waals surface area contributed by atoms with Gasteiger partial charge in [-0.15, -0.1) is 0 Å². The smallest absolute Gasteiger partial charge is 0.325 e. The van der Waals surface area contributed by atoms with E-state index in [0.717, 1.165) is 31.8 Å². The lowest BCUT2D eigenvalue weighted by atomic mass is 10.0. The molecule has 0 aliphatic rings. The highest BCUT2D eigenvalue weighted by Gasteiger charge is 2.14. The van der Waals surface area contributed by atoms with Gasteiger partial charge in [0.25, 0.3) is 0 Å². The first-order valence-electron chi connectivity index (χ1n) is 8.57. The zero-order valence-electron chi connectivity index (χ0n) is 15.0. The molecule has 6 heteroatoms. The lowest BCUT2D eigenvalue weighted by molar-refractivity contribution is -0.115. The lowest BCUT2D eigenvalue weighted by Gasteiger charge is -2.10. The number of aromatic nitrogens is 2. The average molecular weight is 424 g/mol. The quantitative estimate of drug-likeness (QED) is 0.541. The van der Waals surface area contributed by atoms with Crippen LogP contribution in [0.15, 0.2) is 63.9 Å². The summed E-state index contributed by atoms with van der Waals surface area (Å²) in [6.07, 6.45) is 0.277. The van der Waals surface area contributed by atoms with E-state index in [1.165, 1.54) is 0 Å². The fourth-order valence-corrected chi connectivity index (χ4v) is 3.86. The van der Waals surface area contributed by atoms with E-state index in [1.54, 1.807) is 23.2 Å². The summed E-state index contributed by atoms with van der Waals surface area (Å²) in [5, 5.41) is 5.16. The van der Waals surface area contributed by atoms with Crippen molar-refractivity contribution in [3.8, 4) is 0 Å². The lowest BCUT2D eigenvalue weighted by Crippen LogP contribution is -2.19. The first kappa shape index (κ1) is 17.5. The summed E-state index contributed by atoms with van der Waals surface area (Å²) in [5.41, 5.74) is 3.10. The van der Waals surface area contributed by atoms with Crippen molar-refractivity contribution in [1.82, 2.24) is 9.13 Å². The van der Waals surface area contributed by atoms with Crippen LogP contribution in [-0.2, 0) is 25.3 Å². The van der Waals surface area contributed by atoms with Gasteiger partial charge >= 0.3 is 5.69 Å². The monoisotopic (exact) mass is 423 g/mol. The fraction of sp³-hybridized carbons (Fsp3) is 0.143. The minimum Gasteiger partial charge on any atom is -0.325 e. The molecule has 0 radical (unpaired) electrons. The van der Waals surface area contributed by atoms with Crippen molar-refractivity contribution >= 4 is 49.3 Å². The zero-order valence-corrected chi connectivity index (χ0v) is 16.6. The maximum Gasteiger partial charge on any atom is 0.328 e. The van der Waals surface area contributed by atoms with Crippen LogP contribution in [0.4, 0.5) is 5.69 Å². The van der Waals surface area contributed by atoms with E-state index in [-0.39, 0.29) is 18.0 Å². The van der Waals surface area contributed by atoms with Crippen LogP contribution < -0.4 is 11.0 Å². The van der Waals surface area contributed by atoms with Gasteiger partial charge in [0.15, 0.2) is 0 Å². The molecule has 4 rings (SSSR count). The number of nitrogens with zero attached hydrogens (tertiary/aromatic N) is 2. The van der Waals surface area contributed by atoms with Gasteiger partial charge in [0.05, 0.1) is 23.1 Å². The molecule has 0 spiro atoms. The van der Waals surface area contributed by atoms with Gasteiger partial charge in [-0.25, -0.2) is 4.79 Å². The van der Waals surface area contributed by atoms with Gasteiger partial charge in [-0.05, 0) is 44.4 Å². The van der Waals surface area contributed by atoms with Gasteiger partial charge in [-0.1, -0.05) is 42.5 Å². The maximum atomic E-state index is 12.7. The van der Waals surface area contributed by atoms with Crippen molar-refractivity contribution in [3.63, 3.8) is 0 Å². The Bertz CT molecular complexity index is 1250. The van der Waals surface area contributed by atoms with E-state index in [4.69, 9.17) is 0 Å². The molecule has 0 aliphatic carbocycles. The molecule has 1 N–H and O–H groups in total. The number of carbonyl (C=O) groups is 1. The molecule has 0 atom stereocenters. The number of halogens is 1. The molecule has 136 valence electrons. The van der Waals surface area contributed by atoms with E-state index >= 15 is 0 Å². The molecule has 5 nitrogen and oxygen atoms in total. The predicted molar refractivity (Wildman–Crippen MR) is 112 cm³/mol. The summed E-state index contributed by atoms with van der Waals surface area (Å²) < 4.78 is 3.90. The standard InChI is InChI=1S/C21H18BrN3O2/c1-24-18-11-16(22)17(12-19(18)25(2)21(24)27)23-20(26)10-14-8-5-7-13-6-3-4-9-15(13)14/h3-9,11-12H,10H2,1-2H3,(H,23,26). The molecule has 4 aromatic rings. The Balaban J connectivity index is 1.66. The average Bonchev–Trinajstić information content (AvgIpc) is 2.86. The Morgan fingerprint density at radius 1 is 1.00 bits per heavy atom. The second-order valence-corrected chi connectivity index (χ2v) is 7.44. The van der Waals surface area contributed by atoms with Crippen LogP contribution in [-0.4, -0.2) is 15.0 Å². The first-order valence-corrected chi connectivity index (χ1v) is 9.36. The molecule has 1 heterocycles. The van der Waals surface area contributed by atoms with Gasteiger partial charge < -0.3 is 5.32 Å². The van der Waals surface area contributed by atoms with E-state index in [1.807, 2.05) is 54.6 Å². The molecule has 1 aromatic heterocycles. The second-order valence-electron chi connectivity index (χ2n) is 6.58. The van der Waals surface area contributed by atoms with Crippen molar-refractivity contribution in [3.05, 3.63) is 75.1 Å². The Labute approximate surface area is 164 Å². The molecule has 0 fully saturated rings. The van der Waals surface area contributed by atoms with E-state index in [0.29, 0.717) is 5.69 Å². The molecular formula is C21H18BrN3O2. The summed E-state index contributed by atoms with van der Waals surface area (Å²) in [6, 6.07) is 17.7. The Kier molecular flexibility index (Phi) is 4.36. The topological polar surface area (TPSA) is 56.0 Å². The van der Waals surface area contributed by atoms with Gasteiger partial charge in [0, 0.05) is 18.6 Å². The van der Waals surface area contributed by atoms with Crippen molar-refractivity contribution in [2.24, 2.45) is 14.1 Å². The molecule has 27 heavy (non-hydrogen) atoms. The molecule has 0 bridgehead atoms. The van der Waals surface area contributed by atoms with Gasteiger partial charge in [-0.3, -0.25) is 13.9 Å². The van der Waals surface area contributed by atoms with Crippen LogP contribution in [0.3, 0.4) is 0 Å². The summed E-state index contributed by atoms with van der Waals surface area (Å²) in [5.74, 6) is -0.104. The van der Waals surface area contributed by atoms with E-state index < -0.39 is 0 Å². The van der Waals surface area contributed by atoms with Gasteiger partial charge in [0.2, 0.25) is 5.91 Å². The number of carbonyl (C=O) groups excluding carboxylic acids is 1. The van der Waals surface area contributed by atoms with Crippen LogP contribution in [0.5, 0.6) is 0 Å². The zero-order chi connectivity index (χ0) is 19.1. The number of aryl methyl sites for hydroxylation is 2. The van der Waals surface area contributed by atoms with Crippen molar-refractivity contribution < 1.29 is 4.79 Å². The Morgan fingerprint density at radius 2 is 1.67 bits per heavy atom. The Hall–Kier alpha value is -2.86. The van der Waals surface area contributed by atoms with Crippen LogP contribution in [0.2, 0.25) is 0 Å². The normalized spacial score (nSPS) is 11.2. The number of imidazole rings is 1. The van der Waals surface area contributed by atoms with E-state index in [2.05, 4.69) is 21.2 Å². The molecule has 3 aromatic carbocycles. The summed E-state index contributed by atoms with van der Waals surface area (Å²) in [7, 11) is 3.45. The molecule has 0 saturated carbocycles. The SMILES string of the molecule is Cn1c(=O)n(C)c2cc(NC(=O)Cc3cccc4ccccc34)c(Br)cc21. The third-order valence-corrected chi connectivity index (χ3v) is 5.52. The summed E-state index contributed by atoms with van der Waals surface area (Å²) >= 11 is 3.50. The third kappa shape index (κ3) is 3.06. The van der Waals surface area contributed by atoms with Crippen LogP contribution in [0, 0.1) is 0 Å². The van der Waals surface area contributed by atoms with Crippen LogP contribution in [0.25, 0.3) is 21.8 Å². The number of hydrogen-bond acceptors (Lipinski definition) is 2. The Morgan fingerprint density at radius 3 is 2.44 bits per heavy atom. The fourth-order valence-electron chi connectivity index (χ4n) is 3.43. The first-order chi connectivity index (χ1) is 13.0. The number of fused-ring (bicyclic) bond motifs is 2. The van der Waals surface area contributed by atoms with Gasteiger partial charge in [0.1, 0.15) is 0 Å². The number of nitrogens with one attached hydrogen (secondary N) is 1. The van der Waals surface area contributed by atoms with Crippen molar-refractivity contribution in [2.45, 2.75) is 6.42 Å². The number of rotatable bonds is 3. The molecule has 1 amide bonds. The summed E-state index contributed by atoms with van der Waals surface area (Å²) in [4.78, 5) is 24.8. The highest BCUT2D eigenvalue weighted by Crippen LogP contribution is 2.28. The largest absolute Gasteiger partial charge is 0.328 e. The third-order valence-electron chi connectivity index (χ3n) is 4.87. The predicted octanol–water partition coefficient (Wildman–Crippen LogP) is 3.97. The maximum absolute atomic E-state index is 12.7. The van der Waals surface area contributed by atoms with Crippen LogP contribution >= 0.6 is 15.9 Å². The number of hydrogen-bond donors (Lipinski definition) is 1. The van der Waals surface area contributed by atoms with Crippen molar-refractivity contribution in [2.75, 3.05) is 5.32 Å². The minimum atomic E-state index is -0.104. The summed E-state index contributed by atoms with van der Waals surface area (Å²) in [6.45, 7) is 0. The highest BCUT2D eigenvalue weighted by molar-refractivity contribution is 9.10. The number of amides is 1. The number of benzene rings is 3. The van der Waals surface area contributed by atoms with E-state index in [9.17, 15) is 9.59 Å². The molecule has 0 aliphatic heterocycles. The van der Waals surface area contributed by atoms with Crippen LogP contribution in [0.1, 0.15) is 5.56 Å². The number of anilines is 1. The van der Waals surface area contributed by atoms with Gasteiger partial charge in [-0.2, -0.15) is 0 Å².